The molecule has 1 atom stereocenters. The molecule has 4 N–H and O–H groups in total. The molecule has 0 amide bonds. The van der Waals surface area contributed by atoms with E-state index in [0.717, 1.165) is 12.1 Å². The number of aliphatic hydroxyl groups is 1. The Balaban J connectivity index is 0.00000126. The molecular formula is C19H25F2N2O4+. The van der Waals surface area contributed by atoms with Gasteiger partial charge in [-0.2, -0.15) is 5.43 Å². The number of ether oxygens (including phenoxy) is 1. The van der Waals surface area contributed by atoms with E-state index in [1.807, 2.05) is 13.8 Å². The number of fused-ring (bicyclic) bond motifs is 1. The number of halogens is 2. The largest absolute Gasteiger partial charge is 0.484 e. The van der Waals surface area contributed by atoms with Gasteiger partial charge >= 0.3 is 0 Å². The van der Waals surface area contributed by atoms with E-state index in [2.05, 4.69) is 5.43 Å². The Hall–Kier alpha value is -2.26. The lowest BCUT2D eigenvalue weighted by Crippen LogP contribution is -2.48. The summed E-state index contributed by atoms with van der Waals surface area (Å²) in [6.07, 6.45) is -0.776. The van der Waals surface area contributed by atoms with Gasteiger partial charge in [0.15, 0.2) is 11.6 Å². The van der Waals surface area contributed by atoms with Gasteiger partial charge in [-0.1, -0.05) is 20.8 Å². The first-order valence-electron chi connectivity index (χ1n) is 8.80. The van der Waals surface area contributed by atoms with Crippen molar-refractivity contribution in [3.63, 3.8) is 0 Å². The predicted octanol–water partition coefficient (Wildman–Crippen LogP) is 4.40. The maximum Gasteiger partial charge on any atom is 0.269 e. The van der Waals surface area contributed by atoms with Crippen LogP contribution in [-0.4, -0.2) is 22.1 Å². The molecule has 0 spiro atoms. The summed E-state index contributed by atoms with van der Waals surface area (Å²) in [5, 5.41) is 30.8. The number of hydrogen-bond donors (Lipinski definition) is 4. The van der Waals surface area contributed by atoms with E-state index in [9.17, 15) is 24.3 Å². The Morgan fingerprint density at radius 1 is 1.22 bits per heavy atom. The molecule has 0 radical (unpaired) electrons. The Labute approximate surface area is 156 Å². The minimum atomic E-state index is -1.91. The smallest absolute Gasteiger partial charge is 0.269 e. The first-order valence-corrected chi connectivity index (χ1v) is 8.80. The van der Waals surface area contributed by atoms with E-state index in [4.69, 9.17) is 4.74 Å². The zero-order valence-corrected chi connectivity index (χ0v) is 15.8. The molecule has 0 aromatic heterocycles. The van der Waals surface area contributed by atoms with Crippen molar-refractivity contribution in [2.24, 2.45) is 0 Å². The van der Waals surface area contributed by atoms with E-state index in [1.165, 1.54) is 6.07 Å². The molecular weight excluding hydrogens is 358 g/mol. The highest BCUT2D eigenvalue weighted by molar-refractivity contribution is 5.63. The first kappa shape index (κ1) is 21.0. The molecule has 0 saturated carbocycles. The molecule has 1 aliphatic rings. The maximum atomic E-state index is 14.4. The van der Waals surface area contributed by atoms with Crippen LogP contribution >= 0.6 is 0 Å². The van der Waals surface area contributed by atoms with Crippen LogP contribution in [0.5, 0.6) is 5.75 Å². The lowest BCUT2D eigenvalue weighted by atomic mass is 10.1. The highest BCUT2D eigenvalue weighted by Gasteiger charge is 2.39. The summed E-state index contributed by atoms with van der Waals surface area (Å²) in [6.45, 7) is 7.28. The van der Waals surface area contributed by atoms with Crippen LogP contribution in [0.15, 0.2) is 24.3 Å². The second kappa shape index (κ2) is 8.18. The van der Waals surface area contributed by atoms with E-state index < -0.39 is 22.7 Å². The van der Waals surface area contributed by atoms with Crippen LogP contribution < -0.4 is 15.1 Å². The molecule has 2 aromatic carbocycles. The number of aryl methyl sites for hydroxylation is 1. The summed E-state index contributed by atoms with van der Waals surface area (Å²) in [6, 6.07) is 5.23. The predicted molar refractivity (Wildman–Crippen MR) is 97.7 cm³/mol. The van der Waals surface area contributed by atoms with Crippen molar-refractivity contribution in [1.29, 1.82) is 0 Å². The second-order valence-electron chi connectivity index (χ2n) is 5.98. The number of benzene rings is 2. The number of nitrogens with one attached hydrogen (secondary N) is 1. The zero-order chi connectivity index (χ0) is 20.4. The topological polar surface area (TPSA) is 82.0 Å². The Kier molecular flexibility index (Phi) is 6.38. The Morgan fingerprint density at radius 2 is 1.89 bits per heavy atom. The minimum Gasteiger partial charge on any atom is -0.484 e. The highest BCUT2D eigenvalue weighted by Crippen LogP contribution is 2.43. The van der Waals surface area contributed by atoms with Gasteiger partial charge in [-0.3, -0.25) is 0 Å². The van der Waals surface area contributed by atoms with Gasteiger partial charge in [0.25, 0.3) is 5.69 Å². The molecule has 27 heavy (non-hydrogen) atoms. The summed E-state index contributed by atoms with van der Waals surface area (Å²) in [7, 11) is 0. The number of nitrogens with zero attached hydrogens (tertiary/aromatic N) is 1. The Morgan fingerprint density at radius 3 is 2.52 bits per heavy atom. The van der Waals surface area contributed by atoms with Gasteiger partial charge in [0.2, 0.25) is 0 Å². The van der Waals surface area contributed by atoms with Gasteiger partial charge in [0.1, 0.15) is 24.2 Å². The average molecular weight is 383 g/mol. The number of aliphatic hydroxyl groups excluding tert-OH is 1. The number of quaternary nitrogens is 1. The van der Waals surface area contributed by atoms with Gasteiger partial charge in [-0.15, -0.1) is 10.4 Å². The fourth-order valence-electron chi connectivity index (χ4n) is 2.91. The van der Waals surface area contributed by atoms with Gasteiger partial charge in [0.05, 0.1) is 4.92 Å². The van der Waals surface area contributed by atoms with Crippen molar-refractivity contribution in [2.45, 2.75) is 40.2 Å². The number of rotatable bonds is 4. The van der Waals surface area contributed by atoms with Crippen molar-refractivity contribution in [3.8, 4) is 5.75 Å². The molecule has 2 aromatic rings. The highest BCUT2D eigenvalue weighted by atomic mass is 19.1. The fourth-order valence-corrected chi connectivity index (χ4v) is 2.91. The molecule has 0 fully saturated rings. The number of anilines is 1. The van der Waals surface area contributed by atoms with Crippen molar-refractivity contribution < 1.29 is 29.0 Å². The van der Waals surface area contributed by atoms with Crippen LogP contribution in [0.1, 0.15) is 43.6 Å². The van der Waals surface area contributed by atoms with E-state index in [1.54, 1.807) is 19.9 Å². The van der Waals surface area contributed by atoms with Crippen molar-refractivity contribution in [3.05, 3.63) is 52.6 Å². The standard InChI is InChI=1S/C17H19F2N2O4.C2H6/c1-3-10-12(18)4-5-13(16(10)19)20-21(23,24)14-7-9(2)6-11-15(22)8-25-17(11)14;1-2/h4-7,15,20,22-24H,3,8H2,1-2H3;1-2H3/q+1;. The normalized spacial score (nSPS) is 15.5. The van der Waals surface area contributed by atoms with Crippen LogP contribution in [0, 0.1) is 18.6 Å². The van der Waals surface area contributed by atoms with E-state index >= 15 is 0 Å². The summed E-state index contributed by atoms with van der Waals surface area (Å²) >= 11 is 0. The molecule has 148 valence electrons. The van der Waals surface area contributed by atoms with Crippen LogP contribution in [0.3, 0.4) is 0 Å². The molecule has 6 nitrogen and oxygen atoms in total. The summed E-state index contributed by atoms with van der Waals surface area (Å²) in [5.74, 6) is -1.50. The average Bonchev–Trinajstić information content (AvgIpc) is 3.00. The summed E-state index contributed by atoms with van der Waals surface area (Å²) < 4.78 is 33.3. The fraction of sp³-hybridized carbons (Fsp3) is 0.368. The van der Waals surface area contributed by atoms with Gasteiger partial charge < -0.3 is 9.84 Å². The minimum absolute atomic E-state index is 0.0172. The van der Waals surface area contributed by atoms with Crippen molar-refractivity contribution in [2.75, 3.05) is 12.0 Å². The van der Waals surface area contributed by atoms with Crippen LogP contribution in [0.25, 0.3) is 0 Å². The second-order valence-corrected chi connectivity index (χ2v) is 5.98. The lowest BCUT2D eigenvalue weighted by Gasteiger charge is -2.23. The number of hydrogen-bond acceptors (Lipinski definition) is 5. The third-order valence-electron chi connectivity index (χ3n) is 4.14. The lowest BCUT2D eigenvalue weighted by molar-refractivity contribution is -0.273. The van der Waals surface area contributed by atoms with Gasteiger partial charge in [-0.05, 0) is 37.1 Å². The monoisotopic (exact) mass is 383 g/mol. The van der Waals surface area contributed by atoms with Crippen LogP contribution in [-0.2, 0) is 6.42 Å². The van der Waals surface area contributed by atoms with E-state index in [0.29, 0.717) is 11.1 Å². The first-order chi connectivity index (χ1) is 12.7. The maximum absolute atomic E-state index is 14.4. The SMILES string of the molecule is CC.CCc1c(F)ccc(N[N+](O)(O)c2cc(C)cc3c2OCC3O)c1F. The Bertz CT molecular complexity index is 828. The quantitative estimate of drug-likeness (QED) is 0.465. The molecule has 1 unspecified atom stereocenters. The molecule has 0 bridgehead atoms. The summed E-state index contributed by atoms with van der Waals surface area (Å²) in [5.41, 5.74) is 2.73. The van der Waals surface area contributed by atoms with Crippen LogP contribution in [0.4, 0.5) is 20.2 Å². The van der Waals surface area contributed by atoms with Crippen molar-refractivity contribution >= 4 is 11.4 Å². The zero-order valence-electron chi connectivity index (χ0n) is 15.8. The van der Waals surface area contributed by atoms with Crippen LogP contribution in [0.2, 0.25) is 0 Å². The third kappa shape index (κ3) is 4.03. The van der Waals surface area contributed by atoms with E-state index in [-0.39, 0.29) is 35.7 Å². The molecule has 0 aliphatic carbocycles. The third-order valence-corrected chi connectivity index (χ3v) is 4.14. The molecule has 1 aliphatic heterocycles. The van der Waals surface area contributed by atoms with Crippen molar-refractivity contribution in [1.82, 2.24) is 4.92 Å². The summed E-state index contributed by atoms with van der Waals surface area (Å²) in [4.78, 5) is -1.91. The molecule has 1 heterocycles. The molecule has 3 rings (SSSR count). The molecule has 8 heteroatoms. The van der Waals surface area contributed by atoms with Gasteiger partial charge in [0, 0.05) is 17.2 Å². The van der Waals surface area contributed by atoms with Gasteiger partial charge in [-0.25, -0.2) is 8.78 Å². The molecule has 0 saturated heterocycles.